The first-order valence-electron chi connectivity index (χ1n) is 5.93. The van der Waals surface area contributed by atoms with Gasteiger partial charge in [0, 0.05) is 13.1 Å². The summed E-state index contributed by atoms with van der Waals surface area (Å²) >= 11 is 0. The number of aliphatic hydroxyl groups excluding tert-OH is 2. The molecule has 0 bridgehead atoms. The van der Waals surface area contributed by atoms with Crippen molar-refractivity contribution >= 4 is 0 Å². The van der Waals surface area contributed by atoms with Crippen molar-refractivity contribution in [1.29, 1.82) is 0 Å². The molecule has 0 heterocycles. The third-order valence-electron chi connectivity index (χ3n) is 2.35. The summed E-state index contributed by atoms with van der Waals surface area (Å²) in [7, 11) is 0. The van der Waals surface area contributed by atoms with Crippen LogP contribution in [-0.4, -0.2) is 36.0 Å². The number of rotatable bonds is 7. The Morgan fingerprint density at radius 1 is 1.18 bits per heavy atom. The summed E-state index contributed by atoms with van der Waals surface area (Å²) in [4.78, 5) is 0. The van der Waals surface area contributed by atoms with Crippen LogP contribution in [0, 0.1) is 0 Å². The quantitative estimate of drug-likeness (QED) is 0.666. The minimum atomic E-state index is -0.565. The van der Waals surface area contributed by atoms with Crippen LogP contribution < -0.4 is 10.1 Å². The van der Waals surface area contributed by atoms with Gasteiger partial charge in [0.25, 0.3) is 0 Å². The molecule has 4 nitrogen and oxygen atoms in total. The predicted octanol–water partition coefficient (Wildman–Crippen LogP) is 1.09. The molecule has 0 radical (unpaired) electrons. The molecule has 0 saturated carbocycles. The Bertz CT molecular complexity index is 311. The van der Waals surface area contributed by atoms with E-state index in [9.17, 15) is 5.11 Å². The van der Waals surface area contributed by atoms with Gasteiger partial charge in [-0.2, -0.15) is 0 Å². The Kier molecular flexibility index (Phi) is 5.97. The molecule has 0 aliphatic rings. The molecule has 4 heteroatoms. The van der Waals surface area contributed by atoms with Crippen molar-refractivity contribution < 1.29 is 14.9 Å². The molecule has 2 unspecified atom stereocenters. The zero-order valence-electron chi connectivity index (χ0n) is 10.4. The van der Waals surface area contributed by atoms with Crippen LogP contribution in [0.15, 0.2) is 24.3 Å². The van der Waals surface area contributed by atoms with E-state index in [-0.39, 0.29) is 0 Å². The lowest BCUT2D eigenvalue weighted by Crippen LogP contribution is -2.28. The molecular weight excluding hydrogens is 218 g/mol. The van der Waals surface area contributed by atoms with Crippen molar-refractivity contribution in [3.05, 3.63) is 29.8 Å². The molecule has 2 atom stereocenters. The highest BCUT2D eigenvalue weighted by Gasteiger charge is 2.07. The first kappa shape index (κ1) is 14.0. The van der Waals surface area contributed by atoms with Crippen LogP contribution in [0.1, 0.15) is 25.5 Å². The van der Waals surface area contributed by atoms with Crippen LogP contribution in [0.2, 0.25) is 0 Å². The molecule has 17 heavy (non-hydrogen) atoms. The van der Waals surface area contributed by atoms with Gasteiger partial charge in [0.15, 0.2) is 0 Å². The molecule has 0 aliphatic heterocycles. The third-order valence-corrected chi connectivity index (χ3v) is 2.35. The minimum Gasteiger partial charge on any atom is -0.494 e. The summed E-state index contributed by atoms with van der Waals surface area (Å²) in [6, 6.07) is 7.38. The van der Waals surface area contributed by atoms with Gasteiger partial charge in [0.1, 0.15) is 5.75 Å². The maximum Gasteiger partial charge on any atom is 0.119 e. The Labute approximate surface area is 102 Å². The number of hydrogen-bond donors (Lipinski definition) is 3. The fourth-order valence-corrected chi connectivity index (χ4v) is 1.50. The van der Waals surface area contributed by atoms with E-state index in [1.165, 1.54) is 0 Å². The Morgan fingerprint density at radius 2 is 1.82 bits per heavy atom. The Morgan fingerprint density at radius 3 is 2.35 bits per heavy atom. The van der Waals surface area contributed by atoms with Crippen LogP contribution in [0.4, 0.5) is 0 Å². The van der Waals surface area contributed by atoms with Crippen molar-refractivity contribution in [2.45, 2.75) is 26.1 Å². The van der Waals surface area contributed by atoms with E-state index in [0.29, 0.717) is 19.7 Å². The van der Waals surface area contributed by atoms with Gasteiger partial charge in [-0.15, -0.1) is 0 Å². The lowest BCUT2D eigenvalue weighted by molar-refractivity contribution is 0.155. The fourth-order valence-electron chi connectivity index (χ4n) is 1.50. The van der Waals surface area contributed by atoms with E-state index in [1.807, 2.05) is 31.2 Å². The predicted molar refractivity (Wildman–Crippen MR) is 67.1 cm³/mol. The van der Waals surface area contributed by atoms with E-state index in [2.05, 4.69) is 5.32 Å². The molecule has 1 aromatic rings. The number of benzene rings is 1. The first-order chi connectivity index (χ1) is 8.13. The van der Waals surface area contributed by atoms with Gasteiger partial charge in [0.2, 0.25) is 0 Å². The zero-order chi connectivity index (χ0) is 12.7. The molecule has 96 valence electrons. The molecule has 0 aromatic heterocycles. The van der Waals surface area contributed by atoms with Crippen molar-refractivity contribution in [2.75, 3.05) is 19.7 Å². The third kappa shape index (κ3) is 5.17. The smallest absolute Gasteiger partial charge is 0.119 e. The standard InChI is InChI=1S/C13H21NO3/c1-3-17-12-6-4-11(5-7-12)13(16)9-14-8-10(2)15/h4-7,10,13-16H,3,8-9H2,1-2H3. The number of ether oxygens (including phenoxy) is 1. The van der Waals surface area contributed by atoms with Gasteiger partial charge < -0.3 is 20.3 Å². The highest BCUT2D eigenvalue weighted by molar-refractivity contribution is 5.28. The topological polar surface area (TPSA) is 61.7 Å². The normalized spacial score (nSPS) is 14.4. The van der Waals surface area contributed by atoms with E-state index in [0.717, 1.165) is 11.3 Å². The molecule has 1 rings (SSSR count). The Balaban J connectivity index is 2.43. The summed E-state index contributed by atoms with van der Waals surface area (Å²) in [5, 5.41) is 21.9. The lowest BCUT2D eigenvalue weighted by Gasteiger charge is -2.13. The molecule has 1 aromatic carbocycles. The van der Waals surface area contributed by atoms with Crippen molar-refractivity contribution in [3.63, 3.8) is 0 Å². The highest BCUT2D eigenvalue weighted by atomic mass is 16.5. The second kappa shape index (κ2) is 7.27. The van der Waals surface area contributed by atoms with Crippen LogP contribution in [0.3, 0.4) is 0 Å². The van der Waals surface area contributed by atoms with Crippen LogP contribution in [-0.2, 0) is 0 Å². The van der Waals surface area contributed by atoms with Gasteiger partial charge in [0.05, 0.1) is 18.8 Å². The van der Waals surface area contributed by atoms with E-state index in [1.54, 1.807) is 6.92 Å². The molecular formula is C13H21NO3. The van der Waals surface area contributed by atoms with Gasteiger partial charge in [-0.1, -0.05) is 12.1 Å². The van der Waals surface area contributed by atoms with Crippen LogP contribution in [0.25, 0.3) is 0 Å². The summed E-state index contributed by atoms with van der Waals surface area (Å²) in [5.41, 5.74) is 0.839. The van der Waals surface area contributed by atoms with Crippen molar-refractivity contribution in [3.8, 4) is 5.75 Å². The van der Waals surface area contributed by atoms with E-state index >= 15 is 0 Å². The van der Waals surface area contributed by atoms with Gasteiger partial charge in [-0.3, -0.25) is 0 Å². The fraction of sp³-hybridized carbons (Fsp3) is 0.538. The molecule has 0 aliphatic carbocycles. The van der Waals surface area contributed by atoms with Gasteiger partial charge in [-0.05, 0) is 31.5 Å². The molecule has 0 fully saturated rings. The molecule has 0 saturated heterocycles. The average Bonchev–Trinajstić information content (AvgIpc) is 2.30. The second-order valence-corrected chi connectivity index (χ2v) is 4.03. The summed E-state index contributed by atoms with van der Waals surface area (Å²) in [5.74, 6) is 0.806. The Hall–Kier alpha value is -1.10. The number of aliphatic hydroxyl groups is 2. The minimum absolute atomic E-state index is 0.400. The lowest BCUT2D eigenvalue weighted by atomic mass is 10.1. The van der Waals surface area contributed by atoms with E-state index in [4.69, 9.17) is 9.84 Å². The summed E-state index contributed by atoms with van der Waals surface area (Å²) < 4.78 is 5.32. The molecule has 0 spiro atoms. The monoisotopic (exact) mass is 239 g/mol. The molecule has 3 N–H and O–H groups in total. The van der Waals surface area contributed by atoms with Crippen LogP contribution >= 0.6 is 0 Å². The first-order valence-corrected chi connectivity index (χ1v) is 5.93. The van der Waals surface area contributed by atoms with Crippen molar-refractivity contribution in [2.24, 2.45) is 0 Å². The molecule has 0 amide bonds. The van der Waals surface area contributed by atoms with Crippen LogP contribution in [0.5, 0.6) is 5.75 Å². The highest BCUT2D eigenvalue weighted by Crippen LogP contribution is 2.17. The maximum absolute atomic E-state index is 9.87. The SMILES string of the molecule is CCOc1ccc(C(O)CNCC(C)O)cc1. The zero-order valence-corrected chi connectivity index (χ0v) is 10.4. The largest absolute Gasteiger partial charge is 0.494 e. The number of hydrogen-bond acceptors (Lipinski definition) is 4. The average molecular weight is 239 g/mol. The van der Waals surface area contributed by atoms with Gasteiger partial charge in [-0.25, -0.2) is 0 Å². The number of nitrogens with one attached hydrogen (secondary N) is 1. The van der Waals surface area contributed by atoms with Gasteiger partial charge >= 0.3 is 0 Å². The summed E-state index contributed by atoms with van der Waals surface area (Å²) in [6.45, 7) is 5.18. The van der Waals surface area contributed by atoms with Crippen molar-refractivity contribution in [1.82, 2.24) is 5.32 Å². The summed E-state index contributed by atoms with van der Waals surface area (Å²) in [6.07, 6.45) is -0.966. The van der Waals surface area contributed by atoms with E-state index < -0.39 is 12.2 Å². The second-order valence-electron chi connectivity index (χ2n) is 4.03. The maximum atomic E-state index is 9.87.